The molecule has 0 fully saturated rings. The number of aliphatic hydroxyl groups excluding tert-OH is 1. The van der Waals surface area contributed by atoms with Crippen molar-refractivity contribution in [2.24, 2.45) is 5.14 Å². The smallest absolute Gasteiger partial charge is 0.305 e. The zero-order valence-electron chi connectivity index (χ0n) is 7.97. The molecule has 1 unspecified atom stereocenters. The van der Waals surface area contributed by atoms with E-state index in [1.165, 1.54) is 0 Å². The number of ether oxygens (including phenoxy) is 1. The summed E-state index contributed by atoms with van der Waals surface area (Å²) in [5.41, 5.74) is 0. The van der Waals surface area contributed by atoms with Crippen molar-refractivity contribution in [1.82, 2.24) is 0 Å². The van der Waals surface area contributed by atoms with Crippen molar-refractivity contribution in [2.75, 3.05) is 12.4 Å². The van der Waals surface area contributed by atoms with Crippen LogP contribution >= 0.6 is 0 Å². The van der Waals surface area contributed by atoms with E-state index in [0.717, 1.165) is 0 Å². The molecule has 0 radical (unpaired) electrons. The van der Waals surface area contributed by atoms with E-state index in [4.69, 9.17) is 10.2 Å². The highest BCUT2D eigenvalue weighted by Gasteiger charge is 2.14. The van der Waals surface area contributed by atoms with Gasteiger partial charge in [0.25, 0.3) is 0 Å². The fourth-order valence-electron chi connectivity index (χ4n) is 0.869. The van der Waals surface area contributed by atoms with Gasteiger partial charge in [0.05, 0.1) is 18.5 Å². The van der Waals surface area contributed by atoms with Crippen LogP contribution in [0.25, 0.3) is 0 Å². The highest BCUT2D eigenvalue weighted by atomic mass is 32.2. The highest BCUT2D eigenvalue weighted by Crippen LogP contribution is 2.00. The van der Waals surface area contributed by atoms with E-state index in [1.54, 1.807) is 6.92 Å². The lowest BCUT2D eigenvalue weighted by Crippen LogP contribution is -2.27. The van der Waals surface area contributed by atoms with Crippen LogP contribution in [-0.4, -0.2) is 38.0 Å². The van der Waals surface area contributed by atoms with Gasteiger partial charge in [-0.15, -0.1) is 0 Å². The fraction of sp³-hybridized carbons (Fsp3) is 0.857. The Morgan fingerprint density at radius 2 is 2.14 bits per heavy atom. The number of aliphatic hydroxyl groups is 1. The van der Waals surface area contributed by atoms with Gasteiger partial charge in [-0.1, -0.05) is 0 Å². The Balaban J connectivity index is 3.74. The maximum absolute atomic E-state index is 10.8. The summed E-state index contributed by atoms with van der Waals surface area (Å²) in [6.45, 7) is 1.93. The van der Waals surface area contributed by atoms with Crippen molar-refractivity contribution in [3.63, 3.8) is 0 Å². The molecule has 0 aliphatic rings. The van der Waals surface area contributed by atoms with Gasteiger partial charge in [-0.25, -0.2) is 13.6 Å². The molecule has 7 heteroatoms. The average molecular weight is 225 g/mol. The van der Waals surface area contributed by atoms with Gasteiger partial charge in [-0.2, -0.15) is 0 Å². The number of primary sulfonamides is 1. The molecule has 3 N–H and O–H groups in total. The molecule has 0 saturated heterocycles. The van der Waals surface area contributed by atoms with Crippen LogP contribution in [-0.2, 0) is 19.6 Å². The van der Waals surface area contributed by atoms with E-state index in [0.29, 0.717) is 0 Å². The molecule has 0 aromatic carbocycles. The van der Waals surface area contributed by atoms with Crippen LogP contribution < -0.4 is 5.14 Å². The van der Waals surface area contributed by atoms with Gasteiger partial charge in [-0.05, 0) is 13.3 Å². The van der Waals surface area contributed by atoms with Gasteiger partial charge in [0.15, 0.2) is 0 Å². The minimum Gasteiger partial charge on any atom is -0.466 e. The van der Waals surface area contributed by atoms with Crippen molar-refractivity contribution in [2.45, 2.75) is 25.9 Å². The van der Waals surface area contributed by atoms with Gasteiger partial charge in [-0.3, -0.25) is 4.79 Å². The third-order valence-corrected chi connectivity index (χ3v) is 2.26. The number of carbonyl (C=O) groups is 1. The number of rotatable bonds is 6. The van der Waals surface area contributed by atoms with E-state index in [9.17, 15) is 13.2 Å². The van der Waals surface area contributed by atoms with Crippen LogP contribution in [0.3, 0.4) is 0 Å². The van der Waals surface area contributed by atoms with Crippen LogP contribution in [0, 0.1) is 0 Å². The van der Waals surface area contributed by atoms with E-state index in [1.807, 2.05) is 0 Å². The minimum atomic E-state index is -3.69. The quantitative estimate of drug-likeness (QED) is 0.563. The monoisotopic (exact) mass is 225 g/mol. The number of carbonyl (C=O) groups excluding carboxylic acids is 1. The molecule has 0 aliphatic carbocycles. The second kappa shape index (κ2) is 5.94. The van der Waals surface area contributed by atoms with E-state index >= 15 is 0 Å². The number of sulfonamides is 1. The van der Waals surface area contributed by atoms with Crippen molar-refractivity contribution < 1.29 is 23.1 Å². The SMILES string of the molecule is CCOC(=O)CCC(O)CS(N)(=O)=O. The number of nitrogens with two attached hydrogens (primary N) is 1. The summed E-state index contributed by atoms with van der Waals surface area (Å²) in [4.78, 5) is 10.8. The standard InChI is InChI=1S/C7H15NO5S/c1-2-13-7(10)4-3-6(9)5-14(8,11)12/h6,9H,2-5H2,1H3,(H2,8,11,12). The summed E-state index contributed by atoms with van der Waals surface area (Å²) in [5, 5.41) is 13.8. The molecular formula is C7H15NO5S. The van der Waals surface area contributed by atoms with Crippen LogP contribution in [0.5, 0.6) is 0 Å². The summed E-state index contributed by atoms with van der Waals surface area (Å²) in [7, 11) is -3.69. The lowest BCUT2D eigenvalue weighted by atomic mass is 10.2. The number of hydrogen-bond acceptors (Lipinski definition) is 5. The average Bonchev–Trinajstić information content (AvgIpc) is 1.98. The third-order valence-electron chi connectivity index (χ3n) is 1.41. The van der Waals surface area contributed by atoms with Gasteiger partial charge in [0.2, 0.25) is 10.0 Å². The minimum absolute atomic E-state index is 0.00940. The first-order valence-corrected chi connectivity index (χ1v) is 5.91. The fourth-order valence-corrected chi connectivity index (χ4v) is 1.57. The molecule has 84 valence electrons. The van der Waals surface area contributed by atoms with E-state index in [-0.39, 0.29) is 19.4 Å². The highest BCUT2D eigenvalue weighted by molar-refractivity contribution is 7.89. The van der Waals surface area contributed by atoms with Crippen LogP contribution in [0.1, 0.15) is 19.8 Å². The Morgan fingerprint density at radius 1 is 1.57 bits per heavy atom. The van der Waals surface area contributed by atoms with Crippen molar-refractivity contribution in [3.05, 3.63) is 0 Å². The molecule has 0 heterocycles. The summed E-state index contributed by atoms with van der Waals surface area (Å²) in [6, 6.07) is 0. The van der Waals surface area contributed by atoms with E-state index < -0.39 is 27.8 Å². The van der Waals surface area contributed by atoms with Crippen LogP contribution in [0.15, 0.2) is 0 Å². The molecule has 0 bridgehead atoms. The predicted molar refractivity (Wildman–Crippen MR) is 49.8 cm³/mol. The van der Waals surface area contributed by atoms with E-state index in [2.05, 4.69) is 4.74 Å². The van der Waals surface area contributed by atoms with Crippen LogP contribution in [0.2, 0.25) is 0 Å². The Kier molecular flexibility index (Phi) is 5.66. The summed E-state index contributed by atoms with van der Waals surface area (Å²) >= 11 is 0. The first kappa shape index (κ1) is 13.3. The van der Waals surface area contributed by atoms with Crippen molar-refractivity contribution in [1.29, 1.82) is 0 Å². The van der Waals surface area contributed by atoms with Crippen molar-refractivity contribution >= 4 is 16.0 Å². The zero-order valence-corrected chi connectivity index (χ0v) is 8.79. The predicted octanol–water partition coefficient (Wildman–Crippen LogP) is -1.02. The summed E-state index contributed by atoms with van der Waals surface area (Å²) < 4.78 is 25.6. The maximum atomic E-state index is 10.8. The van der Waals surface area contributed by atoms with Gasteiger partial charge in [0, 0.05) is 6.42 Å². The Morgan fingerprint density at radius 3 is 2.57 bits per heavy atom. The maximum Gasteiger partial charge on any atom is 0.305 e. The van der Waals surface area contributed by atoms with Gasteiger partial charge < -0.3 is 9.84 Å². The summed E-state index contributed by atoms with van der Waals surface area (Å²) in [5.74, 6) is -0.993. The Bertz CT molecular complexity index is 274. The molecule has 14 heavy (non-hydrogen) atoms. The topological polar surface area (TPSA) is 107 Å². The lowest BCUT2D eigenvalue weighted by Gasteiger charge is -2.07. The van der Waals surface area contributed by atoms with Crippen molar-refractivity contribution in [3.8, 4) is 0 Å². The number of hydrogen-bond donors (Lipinski definition) is 2. The molecule has 0 aromatic rings. The molecule has 0 aromatic heterocycles. The first-order chi connectivity index (χ1) is 6.35. The summed E-state index contributed by atoms with van der Waals surface area (Å²) in [6.07, 6.45) is -1.09. The number of esters is 1. The molecule has 1 atom stereocenters. The first-order valence-electron chi connectivity index (χ1n) is 4.19. The van der Waals surface area contributed by atoms with Gasteiger partial charge in [0.1, 0.15) is 0 Å². The molecule has 0 amide bonds. The normalized spacial score (nSPS) is 13.6. The second-order valence-corrected chi connectivity index (χ2v) is 4.49. The molecule has 0 saturated carbocycles. The Labute approximate surface area is 83.1 Å². The third kappa shape index (κ3) is 7.96. The molecule has 0 rings (SSSR count). The zero-order chi connectivity index (χ0) is 11.2. The molecule has 0 spiro atoms. The molecule has 6 nitrogen and oxygen atoms in total. The molecular weight excluding hydrogens is 210 g/mol. The Hall–Kier alpha value is -0.660. The lowest BCUT2D eigenvalue weighted by molar-refractivity contribution is -0.143. The van der Waals surface area contributed by atoms with Gasteiger partial charge >= 0.3 is 5.97 Å². The second-order valence-electron chi connectivity index (χ2n) is 2.83. The largest absolute Gasteiger partial charge is 0.466 e. The molecule has 0 aliphatic heterocycles. The van der Waals surface area contributed by atoms with Crippen LogP contribution in [0.4, 0.5) is 0 Å².